The van der Waals surface area contributed by atoms with Gasteiger partial charge in [0.15, 0.2) is 0 Å². The molecule has 1 N–H and O–H groups in total. The standard InChI is InChI=1S/C12H19NO3/c1-7-4-3-5-8(2)13(7)11(14)9-6-10(9)12(15)16/h7-10H,3-6H2,1-2H3,(H,15,16). The van der Waals surface area contributed by atoms with Crippen LogP contribution >= 0.6 is 0 Å². The lowest BCUT2D eigenvalue weighted by Crippen LogP contribution is -2.48. The van der Waals surface area contributed by atoms with Gasteiger partial charge in [0.2, 0.25) is 5.91 Å². The molecule has 2 aliphatic rings. The van der Waals surface area contributed by atoms with E-state index in [1.165, 1.54) is 6.42 Å². The minimum Gasteiger partial charge on any atom is -0.481 e. The number of carbonyl (C=O) groups is 2. The van der Waals surface area contributed by atoms with Gasteiger partial charge in [0, 0.05) is 12.1 Å². The molecule has 4 unspecified atom stereocenters. The Kier molecular flexibility index (Phi) is 2.91. The summed E-state index contributed by atoms with van der Waals surface area (Å²) in [6.45, 7) is 4.12. The summed E-state index contributed by atoms with van der Waals surface area (Å²) in [7, 11) is 0. The zero-order valence-electron chi connectivity index (χ0n) is 9.85. The lowest BCUT2D eigenvalue weighted by atomic mass is 9.97. The van der Waals surface area contributed by atoms with Crippen molar-refractivity contribution in [3.8, 4) is 0 Å². The van der Waals surface area contributed by atoms with Crippen LogP contribution in [0.3, 0.4) is 0 Å². The van der Waals surface area contributed by atoms with Crippen molar-refractivity contribution in [1.82, 2.24) is 4.90 Å². The van der Waals surface area contributed by atoms with Gasteiger partial charge in [0.1, 0.15) is 0 Å². The molecular weight excluding hydrogens is 206 g/mol. The Hall–Kier alpha value is -1.06. The van der Waals surface area contributed by atoms with E-state index in [1.54, 1.807) is 0 Å². The second-order valence-electron chi connectivity index (χ2n) is 5.16. The van der Waals surface area contributed by atoms with Gasteiger partial charge in [-0.3, -0.25) is 9.59 Å². The van der Waals surface area contributed by atoms with Gasteiger partial charge in [-0.2, -0.15) is 0 Å². The van der Waals surface area contributed by atoms with Gasteiger partial charge in [-0.25, -0.2) is 0 Å². The number of piperidine rings is 1. The number of likely N-dealkylation sites (tertiary alicyclic amines) is 1. The minimum absolute atomic E-state index is 0.0621. The largest absolute Gasteiger partial charge is 0.481 e. The Balaban J connectivity index is 2.01. The van der Waals surface area contributed by atoms with E-state index in [0.29, 0.717) is 6.42 Å². The summed E-state index contributed by atoms with van der Waals surface area (Å²) < 4.78 is 0. The molecule has 0 radical (unpaired) electrons. The molecule has 4 nitrogen and oxygen atoms in total. The fraction of sp³-hybridized carbons (Fsp3) is 0.833. The summed E-state index contributed by atoms with van der Waals surface area (Å²) in [6.07, 6.45) is 3.78. The van der Waals surface area contributed by atoms with Gasteiger partial charge < -0.3 is 10.0 Å². The highest BCUT2D eigenvalue weighted by Crippen LogP contribution is 2.41. The molecule has 0 aromatic carbocycles. The van der Waals surface area contributed by atoms with Crippen molar-refractivity contribution in [2.45, 2.75) is 51.6 Å². The van der Waals surface area contributed by atoms with Crippen molar-refractivity contribution in [1.29, 1.82) is 0 Å². The van der Waals surface area contributed by atoms with Crippen molar-refractivity contribution in [3.05, 3.63) is 0 Å². The van der Waals surface area contributed by atoms with Crippen molar-refractivity contribution in [3.63, 3.8) is 0 Å². The zero-order valence-corrected chi connectivity index (χ0v) is 9.85. The molecule has 4 heteroatoms. The second kappa shape index (κ2) is 4.07. The highest BCUT2D eigenvalue weighted by atomic mass is 16.4. The molecule has 16 heavy (non-hydrogen) atoms. The molecule has 0 aromatic heterocycles. The summed E-state index contributed by atoms with van der Waals surface area (Å²) in [5.74, 6) is -1.43. The van der Waals surface area contributed by atoms with E-state index in [1.807, 2.05) is 4.90 Å². The molecule has 0 bridgehead atoms. The number of carboxylic acid groups (broad SMARTS) is 1. The highest BCUT2D eigenvalue weighted by Gasteiger charge is 2.51. The molecule has 0 aromatic rings. The van der Waals surface area contributed by atoms with Crippen LogP contribution in [0.4, 0.5) is 0 Å². The van der Waals surface area contributed by atoms with Gasteiger partial charge in [-0.1, -0.05) is 0 Å². The SMILES string of the molecule is CC1CCCC(C)N1C(=O)C1CC1C(=O)O. The number of carbonyl (C=O) groups excluding carboxylic acids is 1. The van der Waals surface area contributed by atoms with Crippen LogP contribution < -0.4 is 0 Å². The summed E-state index contributed by atoms with van der Waals surface area (Å²) >= 11 is 0. The molecule has 1 aliphatic carbocycles. The maximum absolute atomic E-state index is 12.2. The minimum atomic E-state index is -0.823. The van der Waals surface area contributed by atoms with Crippen LogP contribution in [-0.4, -0.2) is 34.0 Å². The topological polar surface area (TPSA) is 57.6 Å². The summed E-state index contributed by atoms with van der Waals surface area (Å²) in [5, 5.41) is 8.83. The third kappa shape index (κ3) is 1.93. The molecule has 4 atom stereocenters. The predicted molar refractivity (Wildman–Crippen MR) is 58.9 cm³/mol. The van der Waals surface area contributed by atoms with E-state index in [4.69, 9.17) is 5.11 Å². The lowest BCUT2D eigenvalue weighted by molar-refractivity contribution is -0.144. The van der Waals surface area contributed by atoms with E-state index in [0.717, 1.165) is 12.8 Å². The first kappa shape index (κ1) is 11.4. The van der Waals surface area contributed by atoms with Crippen molar-refractivity contribution in [2.24, 2.45) is 11.8 Å². The third-order valence-corrected chi connectivity index (χ3v) is 3.87. The van der Waals surface area contributed by atoms with E-state index in [9.17, 15) is 9.59 Å². The van der Waals surface area contributed by atoms with Crippen LogP contribution in [0.2, 0.25) is 0 Å². The average Bonchev–Trinajstić information content (AvgIpc) is 2.96. The van der Waals surface area contributed by atoms with E-state index in [-0.39, 0.29) is 23.9 Å². The van der Waals surface area contributed by atoms with Crippen LogP contribution in [0.15, 0.2) is 0 Å². The van der Waals surface area contributed by atoms with Crippen LogP contribution in [-0.2, 0) is 9.59 Å². The van der Waals surface area contributed by atoms with Gasteiger partial charge in [0.25, 0.3) is 0 Å². The second-order valence-corrected chi connectivity index (χ2v) is 5.16. The molecule has 90 valence electrons. The Morgan fingerprint density at radius 2 is 1.69 bits per heavy atom. The van der Waals surface area contributed by atoms with Gasteiger partial charge in [-0.05, 0) is 39.5 Å². The number of rotatable bonds is 2. The Bertz CT molecular complexity index is 305. The Labute approximate surface area is 95.6 Å². The number of hydrogen-bond donors (Lipinski definition) is 1. The zero-order chi connectivity index (χ0) is 11.9. The molecule has 1 saturated carbocycles. The monoisotopic (exact) mass is 225 g/mol. The molecule has 1 saturated heterocycles. The van der Waals surface area contributed by atoms with Crippen molar-refractivity contribution >= 4 is 11.9 Å². The molecule has 1 amide bonds. The smallest absolute Gasteiger partial charge is 0.307 e. The maximum atomic E-state index is 12.2. The molecule has 1 aliphatic heterocycles. The predicted octanol–water partition coefficient (Wildman–Crippen LogP) is 1.50. The van der Waals surface area contributed by atoms with Crippen LogP contribution in [0.5, 0.6) is 0 Å². The van der Waals surface area contributed by atoms with Crippen LogP contribution in [0.1, 0.15) is 39.5 Å². The number of nitrogens with zero attached hydrogens (tertiary/aromatic N) is 1. The van der Waals surface area contributed by atoms with Crippen LogP contribution in [0, 0.1) is 11.8 Å². The molecule has 2 rings (SSSR count). The lowest BCUT2D eigenvalue weighted by Gasteiger charge is -2.39. The summed E-state index contributed by atoms with van der Waals surface area (Å²) in [6, 6.07) is 0.539. The highest BCUT2D eigenvalue weighted by molar-refractivity contribution is 5.89. The third-order valence-electron chi connectivity index (χ3n) is 3.87. The molecule has 2 fully saturated rings. The molecular formula is C12H19NO3. The fourth-order valence-corrected chi connectivity index (χ4v) is 2.79. The quantitative estimate of drug-likeness (QED) is 0.774. The van der Waals surface area contributed by atoms with Crippen LogP contribution in [0.25, 0.3) is 0 Å². The normalized spacial score (nSPS) is 38.2. The molecule has 0 spiro atoms. The number of hydrogen-bond acceptors (Lipinski definition) is 2. The van der Waals surface area contributed by atoms with E-state index < -0.39 is 11.9 Å². The van der Waals surface area contributed by atoms with Crippen molar-refractivity contribution in [2.75, 3.05) is 0 Å². The first-order chi connectivity index (χ1) is 7.52. The fourth-order valence-electron chi connectivity index (χ4n) is 2.79. The van der Waals surface area contributed by atoms with E-state index >= 15 is 0 Å². The van der Waals surface area contributed by atoms with Gasteiger partial charge >= 0.3 is 5.97 Å². The first-order valence-electron chi connectivity index (χ1n) is 6.07. The van der Waals surface area contributed by atoms with Gasteiger partial charge in [-0.15, -0.1) is 0 Å². The average molecular weight is 225 g/mol. The number of carboxylic acids is 1. The maximum Gasteiger partial charge on any atom is 0.307 e. The number of amides is 1. The number of aliphatic carboxylic acids is 1. The summed E-state index contributed by atoms with van der Waals surface area (Å²) in [5.41, 5.74) is 0. The molecule has 1 heterocycles. The van der Waals surface area contributed by atoms with Crippen molar-refractivity contribution < 1.29 is 14.7 Å². The van der Waals surface area contributed by atoms with E-state index in [2.05, 4.69) is 13.8 Å². The van der Waals surface area contributed by atoms with Gasteiger partial charge in [0.05, 0.1) is 11.8 Å². The first-order valence-corrected chi connectivity index (χ1v) is 6.07. The Morgan fingerprint density at radius 1 is 1.12 bits per heavy atom. The summed E-state index contributed by atoms with van der Waals surface area (Å²) in [4.78, 5) is 24.8. The Morgan fingerprint density at radius 3 is 2.12 bits per heavy atom.